The molecule has 2 aliphatic carbocycles. The third kappa shape index (κ3) is 1.63. The van der Waals surface area contributed by atoms with Crippen LogP contribution in [0.3, 0.4) is 0 Å². The second-order valence-corrected chi connectivity index (χ2v) is 8.02. The first-order valence-electron chi connectivity index (χ1n) is 8.84. The quantitative estimate of drug-likeness (QED) is 0.864. The molecule has 0 radical (unpaired) electrons. The maximum Gasteiger partial charge on any atom is 0.243 e. The summed E-state index contributed by atoms with van der Waals surface area (Å²) in [6.07, 6.45) is 7.14. The number of benzene rings is 1. The Morgan fingerprint density at radius 2 is 2.09 bits per heavy atom. The average Bonchev–Trinajstić information content (AvgIpc) is 3.13. The molecule has 4 aliphatic rings. The summed E-state index contributed by atoms with van der Waals surface area (Å²) >= 11 is 0. The van der Waals surface area contributed by atoms with Crippen LogP contribution >= 0.6 is 0 Å². The van der Waals surface area contributed by atoms with Crippen LogP contribution in [0.5, 0.6) is 0 Å². The van der Waals surface area contributed by atoms with E-state index in [1.165, 1.54) is 36.8 Å². The van der Waals surface area contributed by atoms with Crippen LogP contribution in [-0.4, -0.2) is 29.4 Å². The van der Waals surface area contributed by atoms with Gasteiger partial charge >= 0.3 is 0 Å². The highest BCUT2D eigenvalue weighted by molar-refractivity contribution is 5.87. The Hall–Kier alpha value is -1.35. The molecule has 2 unspecified atom stereocenters. The third-order valence-corrected chi connectivity index (χ3v) is 6.80. The van der Waals surface area contributed by atoms with Gasteiger partial charge in [0.1, 0.15) is 0 Å². The molecule has 2 atom stereocenters. The molecular formula is C19H24N2O. The minimum atomic E-state index is -0.220. The van der Waals surface area contributed by atoms with E-state index < -0.39 is 0 Å². The van der Waals surface area contributed by atoms with Crippen LogP contribution in [0, 0.1) is 5.92 Å². The van der Waals surface area contributed by atoms with Crippen molar-refractivity contribution in [2.75, 3.05) is 13.1 Å². The van der Waals surface area contributed by atoms with Crippen LogP contribution in [0.1, 0.15) is 49.7 Å². The van der Waals surface area contributed by atoms with E-state index in [1.807, 2.05) is 0 Å². The summed E-state index contributed by atoms with van der Waals surface area (Å²) in [5, 5.41) is 3.56. The minimum absolute atomic E-state index is 0.220. The smallest absolute Gasteiger partial charge is 0.243 e. The van der Waals surface area contributed by atoms with E-state index in [4.69, 9.17) is 0 Å². The molecule has 22 heavy (non-hydrogen) atoms. The van der Waals surface area contributed by atoms with Gasteiger partial charge in [-0.2, -0.15) is 0 Å². The topological polar surface area (TPSA) is 32.3 Å². The van der Waals surface area contributed by atoms with Crippen molar-refractivity contribution in [3.8, 4) is 0 Å². The summed E-state index contributed by atoms with van der Waals surface area (Å²) in [5.74, 6) is 1.12. The molecular weight excluding hydrogens is 272 g/mol. The van der Waals surface area contributed by atoms with Crippen LogP contribution < -0.4 is 5.32 Å². The zero-order valence-electron chi connectivity index (χ0n) is 13.1. The van der Waals surface area contributed by atoms with E-state index in [2.05, 4.69) is 34.5 Å². The molecule has 2 aliphatic heterocycles. The molecule has 3 heteroatoms. The molecule has 3 fully saturated rings. The van der Waals surface area contributed by atoms with Crippen LogP contribution in [-0.2, 0) is 16.8 Å². The number of piperidine rings is 1. The van der Waals surface area contributed by atoms with Gasteiger partial charge in [0.2, 0.25) is 5.91 Å². The van der Waals surface area contributed by atoms with Gasteiger partial charge in [0, 0.05) is 18.5 Å². The van der Waals surface area contributed by atoms with Crippen molar-refractivity contribution < 1.29 is 4.79 Å². The Balaban J connectivity index is 1.49. The molecule has 1 aromatic carbocycles. The van der Waals surface area contributed by atoms with Crippen LogP contribution in [0.15, 0.2) is 24.3 Å². The fraction of sp³-hybridized carbons (Fsp3) is 0.632. The summed E-state index contributed by atoms with van der Waals surface area (Å²) in [5.41, 5.74) is 2.94. The van der Waals surface area contributed by atoms with E-state index in [0.29, 0.717) is 5.91 Å². The summed E-state index contributed by atoms with van der Waals surface area (Å²) in [6, 6.07) is 8.81. The lowest BCUT2D eigenvalue weighted by atomic mass is 9.61. The minimum Gasteiger partial charge on any atom is -0.336 e. The molecule has 1 N–H and O–H groups in total. The predicted octanol–water partition coefficient (Wildman–Crippen LogP) is 2.59. The van der Waals surface area contributed by atoms with Crippen molar-refractivity contribution in [3.63, 3.8) is 0 Å². The Labute approximate surface area is 132 Å². The van der Waals surface area contributed by atoms with Crippen molar-refractivity contribution >= 4 is 5.91 Å². The van der Waals surface area contributed by atoms with Gasteiger partial charge in [-0.25, -0.2) is 0 Å². The van der Waals surface area contributed by atoms with Crippen molar-refractivity contribution in [1.82, 2.24) is 10.2 Å². The van der Waals surface area contributed by atoms with E-state index in [0.717, 1.165) is 38.4 Å². The molecule has 2 bridgehead atoms. The van der Waals surface area contributed by atoms with Crippen molar-refractivity contribution in [2.24, 2.45) is 5.92 Å². The number of carbonyl (C=O) groups is 1. The summed E-state index contributed by atoms with van der Waals surface area (Å²) in [4.78, 5) is 15.5. The number of fused-ring (bicyclic) bond motifs is 4. The Morgan fingerprint density at radius 3 is 2.73 bits per heavy atom. The number of carbonyl (C=O) groups excluding carboxylic acids is 1. The zero-order chi connectivity index (χ0) is 14.8. The van der Waals surface area contributed by atoms with E-state index in [9.17, 15) is 4.79 Å². The molecule has 2 heterocycles. The van der Waals surface area contributed by atoms with Gasteiger partial charge in [-0.1, -0.05) is 30.7 Å². The number of rotatable bonds is 1. The Kier molecular flexibility index (Phi) is 2.59. The largest absolute Gasteiger partial charge is 0.336 e. The van der Waals surface area contributed by atoms with E-state index >= 15 is 0 Å². The first kappa shape index (κ1) is 13.1. The monoisotopic (exact) mass is 296 g/mol. The first-order chi connectivity index (χ1) is 10.7. The summed E-state index contributed by atoms with van der Waals surface area (Å²) in [7, 11) is 0. The van der Waals surface area contributed by atoms with Crippen molar-refractivity contribution in [1.29, 1.82) is 0 Å². The van der Waals surface area contributed by atoms with Gasteiger partial charge in [-0.15, -0.1) is 0 Å². The van der Waals surface area contributed by atoms with E-state index in [-0.39, 0.29) is 11.0 Å². The highest BCUT2D eigenvalue weighted by Crippen LogP contribution is 2.49. The lowest BCUT2D eigenvalue weighted by Crippen LogP contribution is -2.59. The Morgan fingerprint density at radius 1 is 1.23 bits per heavy atom. The normalized spacial score (nSPS) is 34.5. The maximum absolute atomic E-state index is 13.3. The van der Waals surface area contributed by atoms with Crippen molar-refractivity contribution in [2.45, 2.75) is 56.0 Å². The highest BCUT2D eigenvalue weighted by Gasteiger charge is 2.54. The molecule has 1 amide bonds. The fourth-order valence-corrected chi connectivity index (χ4v) is 5.46. The number of hydrogen-bond acceptors (Lipinski definition) is 2. The van der Waals surface area contributed by atoms with Crippen LogP contribution in [0.2, 0.25) is 0 Å². The highest BCUT2D eigenvalue weighted by atomic mass is 16.2. The van der Waals surface area contributed by atoms with Crippen molar-refractivity contribution in [3.05, 3.63) is 35.4 Å². The summed E-state index contributed by atoms with van der Waals surface area (Å²) < 4.78 is 0. The lowest BCUT2D eigenvalue weighted by Gasteiger charge is -2.51. The van der Waals surface area contributed by atoms with Gasteiger partial charge in [-0.05, 0) is 55.7 Å². The number of hydrogen-bond donors (Lipinski definition) is 1. The van der Waals surface area contributed by atoms with Crippen LogP contribution in [0.4, 0.5) is 0 Å². The molecule has 3 nitrogen and oxygen atoms in total. The second-order valence-electron chi connectivity index (χ2n) is 8.02. The maximum atomic E-state index is 13.3. The second kappa shape index (κ2) is 4.35. The third-order valence-electron chi connectivity index (χ3n) is 6.80. The van der Waals surface area contributed by atoms with Crippen LogP contribution in [0.25, 0.3) is 0 Å². The molecule has 1 aromatic rings. The van der Waals surface area contributed by atoms with E-state index in [1.54, 1.807) is 0 Å². The molecule has 1 spiro atoms. The molecule has 2 saturated carbocycles. The van der Waals surface area contributed by atoms with Gasteiger partial charge in [0.15, 0.2) is 0 Å². The first-order valence-corrected chi connectivity index (χ1v) is 8.84. The van der Waals surface area contributed by atoms with Gasteiger partial charge in [-0.3, -0.25) is 4.79 Å². The Bertz CT molecular complexity index is 626. The molecule has 5 rings (SSSR count). The number of nitrogens with zero attached hydrogens (tertiary/aromatic N) is 1. The van der Waals surface area contributed by atoms with Gasteiger partial charge in [0.25, 0.3) is 0 Å². The fourth-order valence-electron chi connectivity index (χ4n) is 5.46. The van der Waals surface area contributed by atoms with Gasteiger partial charge in [0.05, 0.1) is 5.54 Å². The SMILES string of the molecule is O=C(N1Cc2ccccc2C2(CCC2)C1)C12CCC(CN1)C2. The number of amides is 1. The van der Waals surface area contributed by atoms with Gasteiger partial charge < -0.3 is 10.2 Å². The molecule has 0 aromatic heterocycles. The number of nitrogens with one attached hydrogen (secondary N) is 1. The lowest BCUT2D eigenvalue weighted by molar-refractivity contribution is -0.140. The zero-order valence-corrected chi connectivity index (χ0v) is 13.1. The molecule has 116 valence electrons. The average molecular weight is 296 g/mol. The summed E-state index contributed by atoms with van der Waals surface area (Å²) in [6.45, 7) is 2.79. The predicted molar refractivity (Wildman–Crippen MR) is 85.5 cm³/mol. The molecule has 1 saturated heterocycles. The standard InChI is InChI=1S/C19H24N2O/c22-17(19-9-6-14(10-19)11-20-19)21-12-15-4-1-2-5-16(15)18(13-21)7-3-8-18/h1-2,4-5,14,20H,3,6-13H2.